The number of rotatable bonds is 3. The van der Waals surface area contributed by atoms with Gasteiger partial charge in [-0.3, -0.25) is 14.5 Å². The molecule has 2 N–H and O–H groups in total. The zero-order chi connectivity index (χ0) is 22.7. The Kier molecular flexibility index (Phi) is 4.51. The number of amides is 2. The lowest BCUT2D eigenvalue weighted by molar-refractivity contribution is -0.139. The fourth-order valence-corrected chi connectivity index (χ4v) is 4.89. The third-order valence-corrected chi connectivity index (χ3v) is 6.36. The smallest absolute Gasteiger partial charge is 0.259 e. The number of phenols is 1. The summed E-state index contributed by atoms with van der Waals surface area (Å²) < 4.78 is 7.41. The van der Waals surface area contributed by atoms with E-state index in [1.165, 1.54) is 18.9 Å². The van der Waals surface area contributed by atoms with Gasteiger partial charge >= 0.3 is 0 Å². The Morgan fingerprint density at radius 2 is 2.03 bits per heavy atom. The number of hydrogen-bond acceptors (Lipinski definition) is 5. The number of carbonyl (C=O) groups excluding carboxylic acids is 2. The lowest BCUT2D eigenvalue weighted by Crippen LogP contribution is -2.33. The van der Waals surface area contributed by atoms with Crippen molar-refractivity contribution < 1.29 is 19.4 Å². The Balaban J connectivity index is 1.82. The molecule has 0 fully saturated rings. The number of carbonyl (C=O) groups is 2. The van der Waals surface area contributed by atoms with Crippen molar-refractivity contribution in [3.05, 3.63) is 65.0 Å². The molecule has 3 aromatic rings. The van der Waals surface area contributed by atoms with Crippen LogP contribution in [0.1, 0.15) is 43.9 Å². The summed E-state index contributed by atoms with van der Waals surface area (Å²) in [5.74, 6) is -0.676. The molecule has 164 valence electrons. The second-order valence-electron chi connectivity index (χ2n) is 8.58. The van der Waals surface area contributed by atoms with Gasteiger partial charge in [0, 0.05) is 41.9 Å². The molecule has 0 saturated carbocycles. The van der Waals surface area contributed by atoms with E-state index in [0.29, 0.717) is 17.0 Å². The summed E-state index contributed by atoms with van der Waals surface area (Å²) in [5, 5.41) is 15.0. The van der Waals surface area contributed by atoms with Crippen LogP contribution in [0.5, 0.6) is 11.5 Å². The van der Waals surface area contributed by atoms with Crippen LogP contribution in [0, 0.1) is 0 Å². The van der Waals surface area contributed by atoms with E-state index < -0.39 is 5.92 Å². The highest BCUT2D eigenvalue weighted by Gasteiger charge is 2.41. The minimum atomic E-state index is -0.447. The van der Waals surface area contributed by atoms with Crippen LogP contribution in [-0.2, 0) is 9.59 Å². The molecular weight excluding hydrogens is 406 g/mol. The van der Waals surface area contributed by atoms with Crippen LogP contribution in [0.2, 0.25) is 0 Å². The van der Waals surface area contributed by atoms with Gasteiger partial charge in [-0.1, -0.05) is 12.1 Å². The van der Waals surface area contributed by atoms with Gasteiger partial charge in [0.2, 0.25) is 5.91 Å². The Labute approximate surface area is 185 Å². The first-order chi connectivity index (χ1) is 15.3. The molecule has 0 bridgehead atoms. The third-order valence-electron chi connectivity index (χ3n) is 6.36. The van der Waals surface area contributed by atoms with Gasteiger partial charge < -0.3 is 19.7 Å². The third kappa shape index (κ3) is 2.81. The van der Waals surface area contributed by atoms with E-state index in [4.69, 9.17) is 4.74 Å². The highest BCUT2D eigenvalue weighted by molar-refractivity contribution is 6.11. The number of anilines is 1. The van der Waals surface area contributed by atoms with Gasteiger partial charge in [0.25, 0.3) is 5.91 Å². The molecule has 2 aromatic carbocycles. The monoisotopic (exact) mass is 431 g/mol. The Morgan fingerprint density at radius 1 is 1.25 bits per heavy atom. The normalized spacial score (nSPS) is 17.6. The average molecular weight is 431 g/mol. The first kappa shape index (κ1) is 20.2. The SMILES string of the molecule is COc1ccc([C@H]2C3=C(CN(C(C)=O)C3=O)Nc3cccc4c3c2cn4C(C)C)cc1O. The predicted octanol–water partition coefficient (Wildman–Crippen LogP) is 4.14. The van der Waals surface area contributed by atoms with E-state index in [9.17, 15) is 14.7 Å². The molecule has 1 atom stereocenters. The second-order valence-corrected chi connectivity index (χ2v) is 8.58. The molecular formula is C25H25N3O4. The molecule has 2 aliphatic heterocycles. The molecule has 2 amide bonds. The number of phenolic OH excluding ortho intramolecular Hbond substituents is 1. The van der Waals surface area contributed by atoms with Gasteiger partial charge in [0.15, 0.2) is 11.5 Å². The van der Waals surface area contributed by atoms with Crippen molar-refractivity contribution in [2.45, 2.75) is 32.7 Å². The number of ether oxygens (including phenoxy) is 1. The maximum Gasteiger partial charge on any atom is 0.259 e. The Hall–Kier alpha value is -3.74. The fraction of sp³-hybridized carbons (Fsp3) is 0.280. The highest BCUT2D eigenvalue weighted by atomic mass is 16.5. The molecule has 1 aromatic heterocycles. The van der Waals surface area contributed by atoms with E-state index in [1.54, 1.807) is 12.1 Å². The summed E-state index contributed by atoms with van der Waals surface area (Å²) in [7, 11) is 1.50. The van der Waals surface area contributed by atoms with Crippen molar-refractivity contribution in [1.82, 2.24) is 9.47 Å². The highest BCUT2D eigenvalue weighted by Crippen LogP contribution is 2.47. The number of hydrogen-bond donors (Lipinski definition) is 2. The quantitative estimate of drug-likeness (QED) is 0.651. The summed E-state index contributed by atoms with van der Waals surface area (Å²) in [5.41, 5.74) is 4.94. The van der Waals surface area contributed by atoms with Gasteiger partial charge in [0.05, 0.1) is 24.7 Å². The first-order valence-electron chi connectivity index (χ1n) is 10.6. The average Bonchev–Trinajstić information content (AvgIpc) is 3.24. The number of aromatic nitrogens is 1. The zero-order valence-corrected chi connectivity index (χ0v) is 18.5. The molecule has 0 radical (unpaired) electrons. The van der Waals surface area contributed by atoms with Crippen molar-refractivity contribution in [3.8, 4) is 11.5 Å². The molecule has 7 nitrogen and oxygen atoms in total. The Morgan fingerprint density at radius 3 is 2.69 bits per heavy atom. The van der Waals surface area contributed by atoms with Crippen LogP contribution in [0.4, 0.5) is 5.69 Å². The second kappa shape index (κ2) is 7.15. The van der Waals surface area contributed by atoms with E-state index >= 15 is 0 Å². The van der Waals surface area contributed by atoms with E-state index in [0.717, 1.165) is 27.7 Å². The zero-order valence-electron chi connectivity index (χ0n) is 18.5. The minimum Gasteiger partial charge on any atom is -0.504 e. The Bertz CT molecular complexity index is 1320. The number of benzene rings is 2. The minimum absolute atomic E-state index is 0.00560. The largest absolute Gasteiger partial charge is 0.504 e. The summed E-state index contributed by atoms with van der Waals surface area (Å²) in [6.07, 6.45) is 2.09. The van der Waals surface area contributed by atoms with Crippen LogP contribution in [0.3, 0.4) is 0 Å². The lowest BCUT2D eigenvalue weighted by atomic mass is 9.84. The van der Waals surface area contributed by atoms with Crippen LogP contribution in [-0.4, -0.2) is 40.0 Å². The molecule has 3 heterocycles. The van der Waals surface area contributed by atoms with Crippen molar-refractivity contribution in [2.24, 2.45) is 0 Å². The van der Waals surface area contributed by atoms with E-state index in [2.05, 4.69) is 36.0 Å². The van der Waals surface area contributed by atoms with Gasteiger partial charge in [-0.15, -0.1) is 0 Å². The van der Waals surface area contributed by atoms with Crippen LogP contribution in [0.25, 0.3) is 10.9 Å². The van der Waals surface area contributed by atoms with Gasteiger partial charge in [-0.25, -0.2) is 0 Å². The summed E-state index contributed by atoms with van der Waals surface area (Å²) in [6, 6.07) is 11.5. The summed E-state index contributed by atoms with van der Waals surface area (Å²) >= 11 is 0. The molecule has 2 aliphatic rings. The topological polar surface area (TPSA) is 83.8 Å². The molecule has 0 aliphatic carbocycles. The lowest BCUT2D eigenvalue weighted by Gasteiger charge is -2.20. The van der Waals surface area contributed by atoms with E-state index in [-0.39, 0.29) is 30.2 Å². The molecule has 5 rings (SSSR count). The maximum atomic E-state index is 13.4. The van der Waals surface area contributed by atoms with Gasteiger partial charge in [0.1, 0.15) is 0 Å². The molecule has 0 saturated heterocycles. The van der Waals surface area contributed by atoms with E-state index in [1.807, 2.05) is 18.2 Å². The van der Waals surface area contributed by atoms with Gasteiger partial charge in [-0.2, -0.15) is 0 Å². The number of nitrogens with zero attached hydrogens (tertiary/aromatic N) is 2. The van der Waals surface area contributed by atoms with Gasteiger partial charge in [-0.05, 0) is 49.2 Å². The van der Waals surface area contributed by atoms with Crippen molar-refractivity contribution in [1.29, 1.82) is 0 Å². The number of methoxy groups -OCH3 is 1. The molecule has 7 heteroatoms. The van der Waals surface area contributed by atoms with Crippen LogP contribution < -0.4 is 10.1 Å². The fourth-order valence-electron chi connectivity index (χ4n) is 4.89. The van der Waals surface area contributed by atoms with Crippen molar-refractivity contribution in [3.63, 3.8) is 0 Å². The molecule has 32 heavy (non-hydrogen) atoms. The predicted molar refractivity (Wildman–Crippen MR) is 122 cm³/mol. The molecule has 0 unspecified atom stereocenters. The summed E-state index contributed by atoms with van der Waals surface area (Å²) in [6.45, 7) is 5.84. The standard InChI is InChI=1S/C25H25N3O4/c1-13(2)27-11-16-22(15-8-9-21(32-4)20(30)10-15)24-18(12-28(14(3)29)25(24)31)26-17-6-5-7-19(27)23(16)17/h5-11,13,22,26,30H,12H2,1-4H3/t22-/m1/s1. The number of nitrogens with one attached hydrogen (secondary N) is 1. The van der Waals surface area contributed by atoms with Crippen molar-refractivity contribution in [2.75, 3.05) is 19.0 Å². The number of imide groups is 1. The molecule has 0 spiro atoms. The first-order valence-corrected chi connectivity index (χ1v) is 10.6. The maximum absolute atomic E-state index is 13.4. The number of aromatic hydroxyl groups is 1. The van der Waals surface area contributed by atoms with Crippen LogP contribution in [0.15, 0.2) is 53.9 Å². The summed E-state index contributed by atoms with van der Waals surface area (Å²) in [4.78, 5) is 26.9. The van der Waals surface area contributed by atoms with Crippen LogP contribution >= 0.6 is 0 Å². The van der Waals surface area contributed by atoms with Crippen molar-refractivity contribution >= 4 is 28.4 Å².